The van der Waals surface area contributed by atoms with Gasteiger partial charge in [-0.3, -0.25) is 4.79 Å². The molecule has 118 valence electrons. The van der Waals surface area contributed by atoms with Crippen LogP contribution in [0.4, 0.5) is 0 Å². The predicted molar refractivity (Wildman–Crippen MR) is 75.3 cm³/mol. The molecule has 2 heterocycles. The maximum absolute atomic E-state index is 12.0. The summed E-state index contributed by atoms with van der Waals surface area (Å²) >= 11 is 2.91. The molecule has 0 aromatic carbocycles. The third-order valence-electron chi connectivity index (χ3n) is 3.26. The third-order valence-corrected chi connectivity index (χ3v) is 5.02. The number of amides is 1. The second-order valence-electron chi connectivity index (χ2n) is 4.67. The van der Waals surface area contributed by atoms with E-state index in [0.29, 0.717) is 19.6 Å². The van der Waals surface area contributed by atoms with Crippen molar-refractivity contribution in [3.63, 3.8) is 0 Å². The number of ether oxygens (including phenoxy) is 2. The van der Waals surface area contributed by atoms with Gasteiger partial charge in [0, 0.05) is 32.7 Å². The largest absolute Gasteiger partial charge is 0.443 e. The first-order chi connectivity index (χ1) is 9.77. The van der Waals surface area contributed by atoms with Gasteiger partial charge in [-0.05, 0) is 15.9 Å². The Balaban J connectivity index is 2.07. The smallest absolute Gasteiger partial charge is 0.287 e. The van der Waals surface area contributed by atoms with Gasteiger partial charge < -0.3 is 19.2 Å². The normalized spacial score (nSPS) is 22.4. The zero-order valence-electron chi connectivity index (χ0n) is 11.2. The van der Waals surface area contributed by atoms with Crippen LogP contribution in [0.15, 0.2) is 20.0 Å². The lowest BCUT2D eigenvalue weighted by atomic mass is 10.0. The number of nitrogens with one attached hydrogen (secondary N) is 1. The van der Waals surface area contributed by atoms with E-state index < -0.39 is 21.5 Å². The van der Waals surface area contributed by atoms with Crippen molar-refractivity contribution in [2.45, 2.75) is 16.9 Å². The average Bonchev–Trinajstić information content (AvgIpc) is 3.02. The van der Waals surface area contributed by atoms with E-state index in [4.69, 9.17) is 19.0 Å². The standard InChI is InChI=1S/C11H15BrN2O6S/c1-18-11(2-3-19-6-11)5-14-10(15)7-4-8(9(12)20-7)21(13,16)17/h4H,2-3,5-6H2,1H3,(H,14,15)(H2,13,16,17). The van der Waals surface area contributed by atoms with Crippen LogP contribution in [0.1, 0.15) is 17.0 Å². The minimum absolute atomic E-state index is 0.110. The molecule has 1 fully saturated rings. The number of nitrogens with two attached hydrogens (primary N) is 1. The molecule has 1 aliphatic heterocycles. The summed E-state index contributed by atoms with van der Waals surface area (Å²) in [7, 11) is -2.41. The Labute approximate surface area is 130 Å². The molecule has 1 aromatic heterocycles. The van der Waals surface area contributed by atoms with Crippen molar-refractivity contribution in [3.8, 4) is 0 Å². The molecule has 1 amide bonds. The lowest BCUT2D eigenvalue weighted by Gasteiger charge is -2.25. The highest BCUT2D eigenvalue weighted by Crippen LogP contribution is 2.25. The summed E-state index contributed by atoms with van der Waals surface area (Å²) in [6.07, 6.45) is 0.661. The highest BCUT2D eigenvalue weighted by Gasteiger charge is 2.35. The molecular weight excluding hydrogens is 368 g/mol. The van der Waals surface area contributed by atoms with Gasteiger partial charge in [-0.25, -0.2) is 13.6 Å². The number of halogens is 1. The molecule has 1 saturated heterocycles. The number of rotatable bonds is 5. The van der Waals surface area contributed by atoms with Crippen LogP contribution in [0.2, 0.25) is 0 Å². The fourth-order valence-electron chi connectivity index (χ4n) is 1.95. The van der Waals surface area contributed by atoms with Crippen molar-refractivity contribution in [1.82, 2.24) is 5.32 Å². The molecule has 3 N–H and O–H groups in total. The summed E-state index contributed by atoms with van der Waals surface area (Å²) in [5.74, 6) is -0.718. The van der Waals surface area contributed by atoms with Gasteiger partial charge in [0.2, 0.25) is 10.0 Å². The number of carbonyl (C=O) groups is 1. The highest BCUT2D eigenvalue weighted by molar-refractivity contribution is 9.10. The van der Waals surface area contributed by atoms with E-state index in [2.05, 4.69) is 21.2 Å². The first kappa shape index (κ1) is 16.4. The van der Waals surface area contributed by atoms with Crippen molar-refractivity contribution in [2.24, 2.45) is 5.14 Å². The summed E-state index contributed by atoms with van der Waals surface area (Å²) in [5, 5.41) is 7.63. The summed E-state index contributed by atoms with van der Waals surface area (Å²) in [4.78, 5) is 11.7. The molecule has 1 aromatic rings. The molecule has 8 nitrogen and oxygen atoms in total. The number of furan rings is 1. The van der Waals surface area contributed by atoms with E-state index >= 15 is 0 Å². The second-order valence-corrected chi connectivity index (χ2v) is 6.92. The fraction of sp³-hybridized carbons (Fsp3) is 0.545. The van der Waals surface area contributed by atoms with Gasteiger partial charge >= 0.3 is 0 Å². The summed E-state index contributed by atoms with van der Waals surface area (Å²) in [5.41, 5.74) is -0.567. The molecule has 1 aliphatic rings. The molecule has 1 atom stereocenters. The van der Waals surface area contributed by atoms with Crippen molar-refractivity contribution in [3.05, 3.63) is 16.5 Å². The summed E-state index contributed by atoms with van der Waals surface area (Å²) in [6, 6.07) is 1.07. The topological polar surface area (TPSA) is 121 Å². The van der Waals surface area contributed by atoms with Crippen LogP contribution >= 0.6 is 15.9 Å². The molecule has 0 bridgehead atoms. The van der Waals surface area contributed by atoms with E-state index in [1.807, 2.05) is 0 Å². The van der Waals surface area contributed by atoms with Crippen LogP contribution in [0.5, 0.6) is 0 Å². The van der Waals surface area contributed by atoms with Gasteiger partial charge in [-0.15, -0.1) is 0 Å². The molecular formula is C11H15BrN2O6S. The van der Waals surface area contributed by atoms with Crippen LogP contribution in [0.3, 0.4) is 0 Å². The van der Waals surface area contributed by atoms with Gasteiger partial charge in [-0.1, -0.05) is 0 Å². The lowest BCUT2D eigenvalue weighted by molar-refractivity contribution is -0.0150. The van der Waals surface area contributed by atoms with E-state index in [-0.39, 0.29) is 21.9 Å². The van der Waals surface area contributed by atoms with Gasteiger partial charge in [-0.2, -0.15) is 0 Å². The van der Waals surface area contributed by atoms with Crippen molar-refractivity contribution in [1.29, 1.82) is 0 Å². The number of carbonyl (C=O) groups excluding carboxylic acids is 1. The summed E-state index contributed by atoms with van der Waals surface area (Å²) < 4.78 is 38.1. The first-order valence-corrected chi connectivity index (χ1v) is 8.35. The summed E-state index contributed by atoms with van der Waals surface area (Å²) in [6.45, 7) is 1.17. The van der Waals surface area contributed by atoms with Crippen molar-refractivity contribution in [2.75, 3.05) is 26.9 Å². The van der Waals surface area contributed by atoms with E-state index in [1.165, 1.54) is 0 Å². The molecule has 0 spiro atoms. The van der Waals surface area contributed by atoms with Crippen LogP contribution in [0, 0.1) is 0 Å². The molecule has 1 unspecified atom stereocenters. The Morgan fingerprint density at radius 3 is 2.81 bits per heavy atom. The quantitative estimate of drug-likeness (QED) is 0.751. The predicted octanol–water partition coefficient (Wildman–Crippen LogP) is 0.225. The Morgan fingerprint density at radius 2 is 2.33 bits per heavy atom. The van der Waals surface area contributed by atoms with Crippen molar-refractivity contribution < 1.29 is 27.1 Å². The van der Waals surface area contributed by atoms with E-state index in [1.54, 1.807) is 7.11 Å². The number of sulfonamides is 1. The molecule has 0 radical (unpaired) electrons. The Bertz CT molecular complexity index is 635. The van der Waals surface area contributed by atoms with E-state index in [0.717, 1.165) is 6.07 Å². The fourth-order valence-corrected chi connectivity index (χ4v) is 3.45. The first-order valence-electron chi connectivity index (χ1n) is 6.01. The van der Waals surface area contributed by atoms with Crippen LogP contribution in [0.25, 0.3) is 0 Å². The molecule has 10 heteroatoms. The molecule has 0 saturated carbocycles. The molecule has 2 rings (SSSR count). The molecule has 21 heavy (non-hydrogen) atoms. The molecule has 0 aliphatic carbocycles. The van der Waals surface area contributed by atoms with Crippen LogP contribution in [-0.4, -0.2) is 46.8 Å². The Hall–Kier alpha value is -0.940. The monoisotopic (exact) mass is 382 g/mol. The van der Waals surface area contributed by atoms with Gasteiger partial charge in [0.25, 0.3) is 5.91 Å². The number of methoxy groups -OCH3 is 1. The highest BCUT2D eigenvalue weighted by atomic mass is 79.9. The zero-order chi connectivity index (χ0) is 15.7. The minimum Gasteiger partial charge on any atom is -0.443 e. The lowest BCUT2D eigenvalue weighted by Crippen LogP contribution is -2.44. The number of hydrogen-bond acceptors (Lipinski definition) is 6. The SMILES string of the molecule is COC1(CNC(=O)c2cc(S(N)(=O)=O)c(Br)o2)CCOC1. The van der Waals surface area contributed by atoms with Gasteiger partial charge in [0.15, 0.2) is 10.4 Å². The Kier molecular flexibility index (Phi) is 4.73. The minimum atomic E-state index is -3.96. The maximum Gasteiger partial charge on any atom is 0.287 e. The van der Waals surface area contributed by atoms with Crippen molar-refractivity contribution >= 4 is 31.9 Å². The third kappa shape index (κ3) is 3.64. The maximum atomic E-state index is 12.0. The Morgan fingerprint density at radius 1 is 1.62 bits per heavy atom. The van der Waals surface area contributed by atoms with Crippen LogP contribution < -0.4 is 10.5 Å². The van der Waals surface area contributed by atoms with Crippen LogP contribution in [-0.2, 0) is 19.5 Å². The number of primary sulfonamides is 1. The second kappa shape index (κ2) is 6.05. The van der Waals surface area contributed by atoms with E-state index in [9.17, 15) is 13.2 Å². The average molecular weight is 383 g/mol. The van der Waals surface area contributed by atoms with Gasteiger partial charge in [0.1, 0.15) is 10.5 Å². The number of hydrogen-bond donors (Lipinski definition) is 2. The van der Waals surface area contributed by atoms with Gasteiger partial charge in [0.05, 0.1) is 6.61 Å². The zero-order valence-corrected chi connectivity index (χ0v) is 13.6.